The van der Waals surface area contributed by atoms with E-state index < -0.39 is 35.3 Å². The number of rotatable bonds is 2. The van der Waals surface area contributed by atoms with Crippen LogP contribution in [0.2, 0.25) is 0 Å². The summed E-state index contributed by atoms with van der Waals surface area (Å²) in [6, 6.07) is 2.46. The van der Waals surface area contributed by atoms with Crippen molar-refractivity contribution in [3.63, 3.8) is 0 Å². The van der Waals surface area contributed by atoms with Crippen molar-refractivity contribution >= 4 is 0 Å². The summed E-state index contributed by atoms with van der Waals surface area (Å²) in [4.78, 5) is 0. The Labute approximate surface area is 82.4 Å². The van der Waals surface area contributed by atoms with E-state index >= 15 is 0 Å². The van der Waals surface area contributed by atoms with Gasteiger partial charge >= 0.3 is 0 Å². The molecule has 0 fully saturated rings. The van der Waals surface area contributed by atoms with E-state index in [0.29, 0.717) is 12.1 Å². The minimum Gasteiger partial charge on any atom is -0.507 e. The summed E-state index contributed by atoms with van der Waals surface area (Å²) >= 11 is 0. The van der Waals surface area contributed by atoms with Crippen LogP contribution in [0, 0.1) is 11.3 Å². The average molecular weight is 219 g/mol. The van der Waals surface area contributed by atoms with Gasteiger partial charge in [-0.1, -0.05) is 0 Å². The lowest BCUT2D eigenvalue weighted by molar-refractivity contribution is 0.143. The first-order chi connectivity index (χ1) is 6.97. The molecule has 1 N–H and O–H groups in total. The van der Waals surface area contributed by atoms with E-state index in [1.807, 2.05) is 0 Å². The zero-order chi connectivity index (χ0) is 11.6. The van der Waals surface area contributed by atoms with Crippen LogP contribution in [-0.2, 0) is 0 Å². The van der Waals surface area contributed by atoms with Crippen LogP contribution >= 0.6 is 0 Å². The van der Waals surface area contributed by atoms with Crippen LogP contribution < -0.4 is 0 Å². The number of phenols is 1. The van der Waals surface area contributed by atoms with Crippen LogP contribution in [0.1, 0.15) is 29.5 Å². The maximum Gasteiger partial charge on any atom is 0.265 e. The van der Waals surface area contributed by atoms with E-state index in [1.54, 1.807) is 0 Å². The number of nitriles is 1. The molecule has 0 unspecified atom stereocenters. The van der Waals surface area contributed by atoms with Gasteiger partial charge in [0.15, 0.2) is 0 Å². The zero-order valence-corrected chi connectivity index (χ0v) is 7.22. The van der Waals surface area contributed by atoms with Crippen molar-refractivity contribution < 1.29 is 22.7 Å². The van der Waals surface area contributed by atoms with Crippen molar-refractivity contribution in [1.29, 1.82) is 5.26 Å². The third kappa shape index (κ3) is 2.18. The Kier molecular flexibility index (Phi) is 3.14. The third-order valence-electron chi connectivity index (χ3n) is 1.77. The number of nitrogens with zero attached hydrogens (tertiary/aromatic N) is 1. The summed E-state index contributed by atoms with van der Waals surface area (Å²) in [6.07, 6.45) is -6.05. The summed E-state index contributed by atoms with van der Waals surface area (Å²) < 4.78 is 49.0. The fourth-order valence-electron chi connectivity index (χ4n) is 1.09. The van der Waals surface area contributed by atoms with Crippen LogP contribution in [0.15, 0.2) is 12.1 Å². The highest BCUT2D eigenvalue weighted by Gasteiger charge is 2.20. The monoisotopic (exact) mass is 219 g/mol. The van der Waals surface area contributed by atoms with Crippen molar-refractivity contribution in [2.75, 3.05) is 0 Å². The molecule has 1 aromatic carbocycles. The lowest BCUT2D eigenvalue weighted by atomic mass is 10.0. The van der Waals surface area contributed by atoms with Gasteiger partial charge < -0.3 is 5.11 Å². The van der Waals surface area contributed by atoms with Gasteiger partial charge in [-0.15, -0.1) is 0 Å². The molecule has 2 nitrogen and oxygen atoms in total. The summed E-state index contributed by atoms with van der Waals surface area (Å²) in [5, 5.41) is 17.5. The van der Waals surface area contributed by atoms with Crippen LogP contribution in [-0.4, -0.2) is 5.11 Å². The molecule has 0 atom stereocenters. The maximum atomic E-state index is 12.3. The Balaban J connectivity index is 3.40. The maximum absolute atomic E-state index is 12.3. The topological polar surface area (TPSA) is 44.0 Å². The summed E-state index contributed by atoms with van der Waals surface area (Å²) in [6.45, 7) is 0. The number of alkyl halides is 4. The fraction of sp³-hybridized carbons (Fsp3) is 0.222. The molecule has 0 heterocycles. The van der Waals surface area contributed by atoms with Gasteiger partial charge in [-0.2, -0.15) is 5.26 Å². The quantitative estimate of drug-likeness (QED) is 0.776. The number of aromatic hydroxyl groups is 1. The first-order valence-corrected chi connectivity index (χ1v) is 3.80. The van der Waals surface area contributed by atoms with Crippen molar-refractivity contribution in [1.82, 2.24) is 0 Å². The van der Waals surface area contributed by atoms with E-state index in [1.165, 1.54) is 6.07 Å². The summed E-state index contributed by atoms with van der Waals surface area (Å²) in [7, 11) is 0. The van der Waals surface area contributed by atoms with Crippen molar-refractivity contribution in [2.24, 2.45) is 0 Å². The zero-order valence-electron chi connectivity index (χ0n) is 7.22. The minimum absolute atomic E-state index is 0.521. The SMILES string of the molecule is N#Cc1c(O)cc(C(F)F)cc1C(F)F. The van der Waals surface area contributed by atoms with Crippen molar-refractivity contribution in [3.8, 4) is 11.8 Å². The molecule has 0 aliphatic carbocycles. The van der Waals surface area contributed by atoms with E-state index in [9.17, 15) is 17.6 Å². The molecule has 0 aliphatic heterocycles. The van der Waals surface area contributed by atoms with Crippen LogP contribution in [0.5, 0.6) is 5.75 Å². The van der Waals surface area contributed by atoms with Gasteiger partial charge in [0.05, 0.1) is 0 Å². The molecule has 0 saturated heterocycles. The van der Waals surface area contributed by atoms with Crippen molar-refractivity contribution in [2.45, 2.75) is 12.9 Å². The van der Waals surface area contributed by atoms with Gasteiger partial charge in [0.2, 0.25) is 0 Å². The molecule has 0 saturated carbocycles. The molecule has 6 heteroatoms. The minimum atomic E-state index is -3.08. The van der Waals surface area contributed by atoms with Gasteiger partial charge in [0, 0.05) is 11.1 Å². The summed E-state index contributed by atoms with van der Waals surface area (Å²) in [5.41, 5.74) is -2.29. The predicted molar refractivity (Wildman–Crippen MR) is 42.7 cm³/mol. The Morgan fingerprint density at radius 3 is 2.13 bits per heavy atom. The Bertz CT molecular complexity index is 411. The van der Waals surface area contributed by atoms with Crippen LogP contribution in [0.25, 0.3) is 0 Å². The van der Waals surface area contributed by atoms with Gasteiger partial charge in [-0.3, -0.25) is 0 Å². The first-order valence-electron chi connectivity index (χ1n) is 3.80. The molecule has 0 amide bonds. The molecule has 15 heavy (non-hydrogen) atoms. The first kappa shape index (κ1) is 11.3. The second-order valence-electron chi connectivity index (χ2n) is 2.72. The third-order valence-corrected chi connectivity index (χ3v) is 1.77. The smallest absolute Gasteiger partial charge is 0.265 e. The molecule has 0 aliphatic rings. The van der Waals surface area contributed by atoms with E-state index in [0.717, 1.165) is 0 Å². The number of phenolic OH excluding ortho intramolecular Hbond substituents is 1. The van der Waals surface area contributed by atoms with E-state index in [-0.39, 0.29) is 0 Å². The molecule has 1 rings (SSSR count). The van der Waals surface area contributed by atoms with Gasteiger partial charge in [0.1, 0.15) is 17.4 Å². The number of hydrogen-bond acceptors (Lipinski definition) is 2. The summed E-state index contributed by atoms with van der Waals surface area (Å²) in [5.74, 6) is -0.856. The van der Waals surface area contributed by atoms with E-state index in [4.69, 9.17) is 10.4 Å². The molecule has 0 aromatic heterocycles. The second kappa shape index (κ2) is 4.17. The van der Waals surface area contributed by atoms with Crippen LogP contribution in [0.4, 0.5) is 17.6 Å². The molecule has 0 bridgehead atoms. The molecular weight excluding hydrogens is 214 g/mol. The highest BCUT2D eigenvalue weighted by Crippen LogP contribution is 2.33. The lowest BCUT2D eigenvalue weighted by Gasteiger charge is -2.08. The van der Waals surface area contributed by atoms with Gasteiger partial charge in [0.25, 0.3) is 12.9 Å². The Hall–Kier alpha value is -1.77. The second-order valence-corrected chi connectivity index (χ2v) is 2.72. The molecule has 0 spiro atoms. The van der Waals surface area contributed by atoms with Crippen LogP contribution in [0.3, 0.4) is 0 Å². The molecule has 1 aromatic rings. The largest absolute Gasteiger partial charge is 0.507 e. The standard InChI is InChI=1S/C9H5F4NO/c10-8(11)4-1-5(9(12)13)6(3-14)7(15)2-4/h1-2,8-9,15H. The number of halogens is 4. The van der Waals surface area contributed by atoms with Gasteiger partial charge in [-0.25, -0.2) is 17.6 Å². The lowest BCUT2D eigenvalue weighted by Crippen LogP contribution is -1.95. The van der Waals surface area contributed by atoms with E-state index in [2.05, 4.69) is 0 Å². The van der Waals surface area contributed by atoms with Gasteiger partial charge in [-0.05, 0) is 12.1 Å². The molecular formula is C9H5F4NO. The normalized spacial score (nSPS) is 10.7. The fourth-order valence-corrected chi connectivity index (χ4v) is 1.09. The Morgan fingerprint density at radius 2 is 1.73 bits per heavy atom. The molecule has 80 valence electrons. The highest BCUT2D eigenvalue weighted by molar-refractivity contribution is 5.51. The average Bonchev–Trinajstić information content (AvgIpc) is 2.16. The Morgan fingerprint density at radius 1 is 1.13 bits per heavy atom. The number of benzene rings is 1. The van der Waals surface area contributed by atoms with Crippen molar-refractivity contribution in [3.05, 3.63) is 28.8 Å². The number of hydrogen-bond donors (Lipinski definition) is 1. The highest BCUT2D eigenvalue weighted by atomic mass is 19.3. The molecule has 0 radical (unpaired) electrons. The predicted octanol–water partition coefficient (Wildman–Crippen LogP) is 3.14.